The van der Waals surface area contributed by atoms with Crippen molar-refractivity contribution in [1.29, 1.82) is 0 Å². The molecular weight excluding hydrogens is 278 g/mol. The second-order valence-corrected chi connectivity index (χ2v) is 6.62. The Morgan fingerprint density at radius 2 is 1.86 bits per heavy atom. The van der Waals surface area contributed by atoms with Crippen LogP contribution in [0.3, 0.4) is 0 Å². The normalized spacial score (nSPS) is 19.3. The molecular formula is C18H25NO3. The molecule has 0 spiro atoms. The summed E-state index contributed by atoms with van der Waals surface area (Å²) in [5.41, 5.74) is 2.25. The van der Waals surface area contributed by atoms with Crippen LogP contribution >= 0.6 is 0 Å². The number of aliphatic imine (C=N–C) groups is 1. The van der Waals surface area contributed by atoms with Crippen LogP contribution in [0.5, 0.6) is 11.5 Å². The lowest BCUT2D eigenvalue weighted by Gasteiger charge is -2.29. The van der Waals surface area contributed by atoms with E-state index in [1.54, 1.807) is 14.2 Å². The van der Waals surface area contributed by atoms with Gasteiger partial charge in [0, 0.05) is 25.1 Å². The molecule has 22 heavy (non-hydrogen) atoms. The number of ether oxygens (including phenoxy) is 2. The van der Waals surface area contributed by atoms with E-state index >= 15 is 0 Å². The first-order valence-electron chi connectivity index (χ1n) is 7.68. The predicted octanol–water partition coefficient (Wildman–Crippen LogP) is 3.47. The number of hydrogen-bond acceptors (Lipinski definition) is 4. The van der Waals surface area contributed by atoms with E-state index < -0.39 is 0 Å². The molecule has 1 aromatic rings. The van der Waals surface area contributed by atoms with Crippen LogP contribution in [0.15, 0.2) is 23.2 Å². The fourth-order valence-electron chi connectivity index (χ4n) is 2.99. The Bertz CT molecular complexity index is 576. The second kappa shape index (κ2) is 6.95. The lowest BCUT2D eigenvalue weighted by molar-refractivity contribution is -0.120. The molecule has 120 valence electrons. The van der Waals surface area contributed by atoms with Crippen molar-refractivity contribution < 1.29 is 14.3 Å². The van der Waals surface area contributed by atoms with Gasteiger partial charge in [-0.3, -0.25) is 9.79 Å². The summed E-state index contributed by atoms with van der Waals surface area (Å²) in [4.78, 5) is 16.4. The number of methoxy groups -OCH3 is 2. The third-order valence-electron chi connectivity index (χ3n) is 3.94. The lowest BCUT2D eigenvalue weighted by Crippen LogP contribution is -2.29. The van der Waals surface area contributed by atoms with E-state index in [0.29, 0.717) is 25.2 Å². The Hall–Kier alpha value is -1.84. The summed E-state index contributed by atoms with van der Waals surface area (Å²) >= 11 is 0. The highest BCUT2D eigenvalue weighted by Gasteiger charge is 2.29. The van der Waals surface area contributed by atoms with Crippen LogP contribution in [-0.4, -0.2) is 32.3 Å². The zero-order valence-electron chi connectivity index (χ0n) is 13.9. The minimum atomic E-state index is 0.0531. The van der Waals surface area contributed by atoms with Crippen molar-refractivity contribution in [1.82, 2.24) is 0 Å². The average molecular weight is 303 g/mol. The van der Waals surface area contributed by atoms with Gasteiger partial charge < -0.3 is 9.47 Å². The van der Waals surface area contributed by atoms with E-state index in [1.165, 1.54) is 0 Å². The zero-order valence-corrected chi connectivity index (χ0v) is 13.9. The molecule has 1 saturated carbocycles. The number of rotatable bonds is 5. The smallest absolute Gasteiger partial charge is 0.160 e. The highest BCUT2D eigenvalue weighted by Crippen LogP contribution is 2.32. The van der Waals surface area contributed by atoms with E-state index in [-0.39, 0.29) is 5.41 Å². The fraction of sp³-hybridized carbons (Fsp3) is 0.556. The first kappa shape index (κ1) is 16.5. The molecule has 0 radical (unpaired) electrons. The van der Waals surface area contributed by atoms with Crippen LogP contribution in [0.2, 0.25) is 0 Å². The molecule has 0 bridgehead atoms. The lowest BCUT2D eigenvalue weighted by atomic mass is 9.76. The Morgan fingerprint density at radius 3 is 2.50 bits per heavy atom. The number of Topliss-reactive ketones (excluding diaryl/α,β-unsaturated/α-hetero) is 1. The minimum Gasteiger partial charge on any atom is -0.493 e. The molecule has 4 heteroatoms. The van der Waals surface area contributed by atoms with E-state index in [2.05, 4.69) is 18.8 Å². The fourth-order valence-corrected chi connectivity index (χ4v) is 2.99. The Morgan fingerprint density at radius 1 is 1.14 bits per heavy atom. The summed E-state index contributed by atoms with van der Waals surface area (Å²) < 4.78 is 10.5. The van der Waals surface area contributed by atoms with Gasteiger partial charge in [-0.25, -0.2) is 0 Å². The zero-order chi connectivity index (χ0) is 16.2. The standard InChI is InChI=1S/C18H25NO3/c1-18(2)11-14(10-15(20)12-18)19-8-7-13-5-6-16(21-3)17(9-13)22-4/h5-6,9H,7-8,10-12H2,1-4H3. The van der Waals surface area contributed by atoms with Crippen LogP contribution in [0.4, 0.5) is 0 Å². The average Bonchev–Trinajstić information content (AvgIpc) is 2.45. The molecule has 1 aliphatic rings. The maximum Gasteiger partial charge on any atom is 0.160 e. The van der Waals surface area contributed by atoms with Gasteiger partial charge in [0.05, 0.1) is 14.2 Å². The van der Waals surface area contributed by atoms with Crippen molar-refractivity contribution in [2.75, 3.05) is 20.8 Å². The molecule has 1 fully saturated rings. The van der Waals surface area contributed by atoms with Crippen molar-refractivity contribution in [3.63, 3.8) is 0 Å². The van der Waals surface area contributed by atoms with Crippen molar-refractivity contribution in [3.05, 3.63) is 23.8 Å². The molecule has 4 nitrogen and oxygen atoms in total. The van der Waals surface area contributed by atoms with Gasteiger partial charge >= 0.3 is 0 Å². The third-order valence-corrected chi connectivity index (χ3v) is 3.94. The van der Waals surface area contributed by atoms with Gasteiger partial charge in [0.25, 0.3) is 0 Å². The highest BCUT2D eigenvalue weighted by atomic mass is 16.5. The molecule has 0 unspecified atom stereocenters. The van der Waals surface area contributed by atoms with Crippen molar-refractivity contribution in [2.24, 2.45) is 10.4 Å². The van der Waals surface area contributed by atoms with Crippen LogP contribution in [0, 0.1) is 5.41 Å². The van der Waals surface area contributed by atoms with Gasteiger partial charge in [0.2, 0.25) is 0 Å². The van der Waals surface area contributed by atoms with Crippen molar-refractivity contribution in [3.8, 4) is 11.5 Å². The number of ketones is 1. The van der Waals surface area contributed by atoms with Crippen LogP contribution in [-0.2, 0) is 11.2 Å². The SMILES string of the molecule is COc1ccc(CCN=C2CC(=O)CC(C)(C)C2)cc1OC. The summed E-state index contributed by atoms with van der Waals surface area (Å²) in [6.07, 6.45) is 2.94. The maximum absolute atomic E-state index is 11.8. The summed E-state index contributed by atoms with van der Waals surface area (Å²) in [6.45, 7) is 4.97. The summed E-state index contributed by atoms with van der Waals surface area (Å²) in [6, 6.07) is 5.92. The van der Waals surface area contributed by atoms with Gasteiger partial charge in [-0.05, 0) is 36.0 Å². The largest absolute Gasteiger partial charge is 0.493 e. The number of hydrogen-bond donors (Lipinski definition) is 0. The van der Waals surface area contributed by atoms with Gasteiger partial charge in [0.1, 0.15) is 5.78 Å². The van der Waals surface area contributed by atoms with Gasteiger partial charge in [-0.1, -0.05) is 19.9 Å². The Balaban J connectivity index is 1.98. The number of nitrogens with zero attached hydrogens (tertiary/aromatic N) is 1. The van der Waals surface area contributed by atoms with E-state index in [0.717, 1.165) is 35.6 Å². The van der Waals surface area contributed by atoms with Crippen LogP contribution in [0.1, 0.15) is 38.7 Å². The van der Waals surface area contributed by atoms with Gasteiger partial charge in [0.15, 0.2) is 11.5 Å². The van der Waals surface area contributed by atoms with E-state index in [9.17, 15) is 4.79 Å². The van der Waals surface area contributed by atoms with Gasteiger partial charge in [-0.2, -0.15) is 0 Å². The van der Waals surface area contributed by atoms with E-state index in [4.69, 9.17) is 9.47 Å². The summed E-state index contributed by atoms with van der Waals surface area (Å²) in [5, 5.41) is 0. The molecule has 0 heterocycles. The number of carbonyl (C=O) groups is 1. The molecule has 0 N–H and O–H groups in total. The first-order valence-corrected chi connectivity index (χ1v) is 7.68. The number of carbonyl (C=O) groups excluding carboxylic acids is 1. The quantitative estimate of drug-likeness (QED) is 0.837. The molecule has 0 saturated heterocycles. The molecule has 1 aliphatic carbocycles. The summed E-state index contributed by atoms with van der Waals surface area (Å²) in [7, 11) is 3.27. The maximum atomic E-state index is 11.8. The van der Waals surface area contributed by atoms with Gasteiger partial charge in [-0.15, -0.1) is 0 Å². The predicted molar refractivity (Wildman–Crippen MR) is 88.2 cm³/mol. The Kier molecular flexibility index (Phi) is 5.22. The second-order valence-electron chi connectivity index (χ2n) is 6.62. The molecule has 1 aromatic carbocycles. The molecule has 0 aliphatic heterocycles. The van der Waals surface area contributed by atoms with Crippen LogP contribution in [0.25, 0.3) is 0 Å². The molecule has 2 rings (SSSR count). The number of benzene rings is 1. The molecule has 0 atom stereocenters. The molecule has 0 aromatic heterocycles. The summed E-state index contributed by atoms with van der Waals surface area (Å²) in [5.74, 6) is 1.78. The highest BCUT2D eigenvalue weighted by molar-refractivity contribution is 6.04. The monoisotopic (exact) mass is 303 g/mol. The van der Waals surface area contributed by atoms with Crippen LogP contribution < -0.4 is 9.47 Å². The Labute approximate surface area is 132 Å². The topological polar surface area (TPSA) is 47.9 Å². The minimum absolute atomic E-state index is 0.0531. The third kappa shape index (κ3) is 4.33. The van der Waals surface area contributed by atoms with Crippen molar-refractivity contribution in [2.45, 2.75) is 39.5 Å². The molecule has 0 amide bonds. The van der Waals surface area contributed by atoms with E-state index in [1.807, 2.05) is 18.2 Å². The van der Waals surface area contributed by atoms with Crippen molar-refractivity contribution >= 4 is 11.5 Å². The first-order chi connectivity index (χ1) is 10.4.